The third kappa shape index (κ3) is 5.18. The maximum Gasteiger partial charge on any atom is 0.253 e. The molecule has 1 amide bonds. The Morgan fingerprint density at radius 2 is 2.11 bits per heavy atom. The summed E-state index contributed by atoms with van der Waals surface area (Å²) in [5.74, 6) is -0.0969. The van der Waals surface area contributed by atoms with Gasteiger partial charge in [-0.25, -0.2) is 0 Å². The molecule has 0 spiro atoms. The SMILES string of the molecule is CCNC(=O)c1ccc(N)cc1NCCCCCO. The molecule has 0 radical (unpaired) electrons. The van der Waals surface area contributed by atoms with Gasteiger partial charge in [-0.1, -0.05) is 0 Å². The molecule has 0 aliphatic carbocycles. The maximum absolute atomic E-state index is 11.9. The second-order valence-electron chi connectivity index (χ2n) is 4.38. The zero-order valence-electron chi connectivity index (χ0n) is 11.4. The van der Waals surface area contributed by atoms with Crippen LogP contribution in [0.2, 0.25) is 0 Å². The Balaban J connectivity index is 2.63. The number of nitrogens with one attached hydrogen (secondary N) is 2. The van der Waals surface area contributed by atoms with Gasteiger partial charge in [-0.2, -0.15) is 0 Å². The van der Waals surface area contributed by atoms with E-state index in [4.69, 9.17) is 10.8 Å². The van der Waals surface area contributed by atoms with Crippen molar-refractivity contribution in [3.8, 4) is 0 Å². The van der Waals surface area contributed by atoms with Crippen molar-refractivity contribution in [2.45, 2.75) is 26.2 Å². The Kier molecular flexibility index (Phi) is 6.74. The Morgan fingerprint density at radius 3 is 2.79 bits per heavy atom. The van der Waals surface area contributed by atoms with Crippen LogP contribution in [0.1, 0.15) is 36.5 Å². The molecule has 5 nitrogen and oxygen atoms in total. The molecule has 1 rings (SSSR count). The first-order valence-corrected chi connectivity index (χ1v) is 6.71. The minimum Gasteiger partial charge on any atom is -0.399 e. The molecule has 0 unspecified atom stereocenters. The number of unbranched alkanes of at least 4 members (excludes halogenated alkanes) is 2. The van der Waals surface area contributed by atoms with Crippen LogP contribution in [0, 0.1) is 0 Å². The third-order valence-electron chi connectivity index (χ3n) is 2.78. The van der Waals surface area contributed by atoms with Gasteiger partial charge in [-0.05, 0) is 44.4 Å². The quantitative estimate of drug-likeness (QED) is 0.424. The molecule has 19 heavy (non-hydrogen) atoms. The van der Waals surface area contributed by atoms with Crippen LogP contribution in [0.4, 0.5) is 11.4 Å². The van der Waals surface area contributed by atoms with Crippen molar-refractivity contribution in [2.24, 2.45) is 0 Å². The highest BCUT2D eigenvalue weighted by molar-refractivity contribution is 6.00. The number of hydrogen-bond acceptors (Lipinski definition) is 4. The average Bonchev–Trinajstić information content (AvgIpc) is 2.39. The van der Waals surface area contributed by atoms with Gasteiger partial charge < -0.3 is 21.5 Å². The van der Waals surface area contributed by atoms with Gasteiger partial charge in [-0.15, -0.1) is 0 Å². The molecule has 0 heterocycles. The van der Waals surface area contributed by atoms with E-state index in [2.05, 4.69) is 10.6 Å². The topological polar surface area (TPSA) is 87.4 Å². The minimum absolute atomic E-state index is 0.0969. The van der Waals surface area contributed by atoms with Crippen LogP contribution in [0.25, 0.3) is 0 Å². The normalized spacial score (nSPS) is 10.2. The number of benzene rings is 1. The molecule has 0 bridgehead atoms. The Morgan fingerprint density at radius 1 is 1.32 bits per heavy atom. The molecule has 0 fully saturated rings. The molecule has 0 saturated heterocycles. The molecule has 0 atom stereocenters. The summed E-state index contributed by atoms with van der Waals surface area (Å²) in [6.07, 6.45) is 2.72. The van der Waals surface area contributed by atoms with Crippen molar-refractivity contribution in [3.63, 3.8) is 0 Å². The highest BCUT2D eigenvalue weighted by atomic mass is 16.2. The summed E-state index contributed by atoms with van der Waals surface area (Å²) in [6, 6.07) is 5.23. The van der Waals surface area contributed by atoms with Gasteiger partial charge in [0.25, 0.3) is 5.91 Å². The number of hydrogen-bond donors (Lipinski definition) is 4. The van der Waals surface area contributed by atoms with Crippen molar-refractivity contribution >= 4 is 17.3 Å². The zero-order chi connectivity index (χ0) is 14.1. The fourth-order valence-electron chi connectivity index (χ4n) is 1.80. The van der Waals surface area contributed by atoms with E-state index in [1.807, 2.05) is 6.92 Å². The van der Waals surface area contributed by atoms with E-state index in [1.165, 1.54) is 0 Å². The molecule has 0 aliphatic heterocycles. The average molecular weight is 265 g/mol. The van der Waals surface area contributed by atoms with Gasteiger partial charge in [0.05, 0.1) is 5.56 Å². The minimum atomic E-state index is -0.0969. The Labute approximate surface area is 114 Å². The number of aliphatic hydroxyl groups is 1. The molecule has 106 valence electrons. The van der Waals surface area contributed by atoms with Crippen LogP contribution >= 0.6 is 0 Å². The third-order valence-corrected chi connectivity index (χ3v) is 2.78. The van der Waals surface area contributed by atoms with Crippen molar-refractivity contribution in [2.75, 3.05) is 30.7 Å². The zero-order valence-corrected chi connectivity index (χ0v) is 11.4. The largest absolute Gasteiger partial charge is 0.399 e. The molecule has 0 aromatic heterocycles. The van der Waals surface area contributed by atoms with E-state index in [0.29, 0.717) is 17.8 Å². The number of nitrogens with two attached hydrogens (primary N) is 1. The van der Waals surface area contributed by atoms with Crippen LogP contribution < -0.4 is 16.4 Å². The lowest BCUT2D eigenvalue weighted by Crippen LogP contribution is -2.24. The molecule has 1 aromatic carbocycles. The number of anilines is 2. The standard InChI is InChI=1S/C14H23N3O2/c1-2-16-14(19)12-7-6-11(15)10-13(12)17-8-4-3-5-9-18/h6-7,10,17-18H,2-5,8-9,15H2,1H3,(H,16,19). The number of nitrogen functional groups attached to an aromatic ring is 1. The monoisotopic (exact) mass is 265 g/mol. The van der Waals surface area contributed by atoms with Crippen molar-refractivity contribution in [1.82, 2.24) is 5.32 Å². The lowest BCUT2D eigenvalue weighted by Gasteiger charge is -2.12. The summed E-state index contributed by atoms with van der Waals surface area (Å²) in [7, 11) is 0. The Hall–Kier alpha value is -1.75. The van der Waals surface area contributed by atoms with Crippen molar-refractivity contribution in [3.05, 3.63) is 23.8 Å². The van der Waals surface area contributed by atoms with Crippen LogP contribution in [0.3, 0.4) is 0 Å². The van der Waals surface area contributed by atoms with Gasteiger partial charge in [0, 0.05) is 31.1 Å². The van der Waals surface area contributed by atoms with Crippen LogP contribution in [0.5, 0.6) is 0 Å². The first kappa shape index (κ1) is 15.3. The number of aliphatic hydroxyl groups excluding tert-OH is 1. The lowest BCUT2D eigenvalue weighted by molar-refractivity contribution is 0.0956. The van der Waals surface area contributed by atoms with E-state index in [9.17, 15) is 4.79 Å². The number of carbonyl (C=O) groups excluding carboxylic acids is 1. The van der Waals surface area contributed by atoms with Gasteiger partial charge >= 0.3 is 0 Å². The van der Waals surface area contributed by atoms with Gasteiger partial charge in [-0.3, -0.25) is 4.79 Å². The van der Waals surface area contributed by atoms with Crippen LogP contribution in [-0.4, -0.2) is 30.7 Å². The van der Waals surface area contributed by atoms with E-state index >= 15 is 0 Å². The molecule has 0 saturated carbocycles. The molecule has 5 N–H and O–H groups in total. The summed E-state index contributed by atoms with van der Waals surface area (Å²) in [6.45, 7) is 3.47. The number of rotatable bonds is 8. The second kappa shape index (κ2) is 8.37. The fraction of sp³-hybridized carbons (Fsp3) is 0.500. The summed E-state index contributed by atoms with van der Waals surface area (Å²) in [4.78, 5) is 11.9. The van der Waals surface area contributed by atoms with Gasteiger partial charge in [0.15, 0.2) is 0 Å². The van der Waals surface area contributed by atoms with E-state index in [0.717, 1.165) is 31.5 Å². The summed E-state index contributed by atoms with van der Waals surface area (Å²) in [5.41, 5.74) is 7.75. The van der Waals surface area contributed by atoms with Gasteiger partial charge in [0.1, 0.15) is 0 Å². The van der Waals surface area contributed by atoms with Crippen LogP contribution in [-0.2, 0) is 0 Å². The Bertz CT molecular complexity index is 408. The molecule has 5 heteroatoms. The fourth-order valence-corrected chi connectivity index (χ4v) is 1.80. The first-order valence-electron chi connectivity index (χ1n) is 6.71. The number of amides is 1. The van der Waals surface area contributed by atoms with E-state index < -0.39 is 0 Å². The molecular formula is C14H23N3O2. The second-order valence-corrected chi connectivity index (χ2v) is 4.38. The highest BCUT2D eigenvalue weighted by Gasteiger charge is 2.10. The lowest BCUT2D eigenvalue weighted by atomic mass is 10.1. The summed E-state index contributed by atoms with van der Waals surface area (Å²) in [5, 5.41) is 14.7. The number of carbonyl (C=O) groups is 1. The van der Waals surface area contributed by atoms with Crippen molar-refractivity contribution in [1.29, 1.82) is 0 Å². The van der Waals surface area contributed by atoms with Gasteiger partial charge in [0.2, 0.25) is 0 Å². The van der Waals surface area contributed by atoms with E-state index in [1.54, 1.807) is 18.2 Å². The first-order chi connectivity index (χ1) is 9.19. The predicted octanol–water partition coefficient (Wildman–Crippen LogP) is 1.59. The molecule has 1 aromatic rings. The maximum atomic E-state index is 11.9. The predicted molar refractivity (Wildman–Crippen MR) is 78.3 cm³/mol. The van der Waals surface area contributed by atoms with Crippen LogP contribution in [0.15, 0.2) is 18.2 Å². The molecule has 0 aliphatic rings. The smallest absolute Gasteiger partial charge is 0.253 e. The summed E-state index contributed by atoms with van der Waals surface area (Å²) >= 11 is 0. The summed E-state index contributed by atoms with van der Waals surface area (Å²) < 4.78 is 0. The molecular weight excluding hydrogens is 242 g/mol. The highest BCUT2D eigenvalue weighted by Crippen LogP contribution is 2.19. The van der Waals surface area contributed by atoms with E-state index in [-0.39, 0.29) is 12.5 Å². The van der Waals surface area contributed by atoms with Crippen molar-refractivity contribution < 1.29 is 9.90 Å².